The third-order valence-electron chi connectivity index (χ3n) is 5.53. The smallest absolute Gasteiger partial charge is 0.252 e. The Kier molecular flexibility index (Phi) is 6.44. The Hall–Kier alpha value is -3.03. The number of carbonyl (C=O) groups excluding carboxylic acids is 1. The van der Waals surface area contributed by atoms with Crippen molar-refractivity contribution in [3.05, 3.63) is 59.8 Å². The fourth-order valence-electron chi connectivity index (χ4n) is 4.15. The van der Waals surface area contributed by atoms with Gasteiger partial charge >= 0.3 is 0 Å². The minimum absolute atomic E-state index is 0.108. The van der Waals surface area contributed by atoms with Crippen LogP contribution in [-0.4, -0.2) is 29.9 Å². The number of benzene rings is 2. The van der Waals surface area contributed by atoms with E-state index in [0.717, 1.165) is 13.0 Å². The summed E-state index contributed by atoms with van der Waals surface area (Å²) in [5, 5.41) is 4.30. The van der Waals surface area contributed by atoms with E-state index < -0.39 is 0 Å². The molecular weight excluding hydrogens is 392 g/mol. The van der Waals surface area contributed by atoms with Gasteiger partial charge in [0.25, 0.3) is 5.91 Å². The number of aromatic nitrogens is 1. The van der Waals surface area contributed by atoms with Crippen LogP contribution >= 0.6 is 0 Å². The van der Waals surface area contributed by atoms with Crippen LogP contribution in [0.4, 0.5) is 0 Å². The Morgan fingerprint density at radius 1 is 1.03 bits per heavy atom. The van der Waals surface area contributed by atoms with E-state index in [1.54, 1.807) is 18.2 Å². The molecule has 2 atom stereocenters. The molecule has 0 bridgehead atoms. The van der Waals surface area contributed by atoms with Gasteiger partial charge in [0.2, 0.25) is 0 Å². The number of nitrogens with one attached hydrogen (secondary N) is 3. The summed E-state index contributed by atoms with van der Waals surface area (Å²) in [6.45, 7) is 7.92. The summed E-state index contributed by atoms with van der Waals surface area (Å²) in [4.78, 5) is 12.9. The molecule has 164 valence electrons. The fourth-order valence-corrected chi connectivity index (χ4v) is 4.15. The highest BCUT2D eigenvalue weighted by molar-refractivity contribution is 5.95. The van der Waals surface area contributed by atoms with Crippen LogP contribution in [0.3, 0.4) is 0 Å². The van der Waals surface area contributed by atoms with E-state index >= 15 is 0 Å². The molecule has 2 unspecified atom stereocenters. The van der Waals surface area contributed by atoms with Crippen molar-refractivity contribution in [3.63, 3.8) is 0 Å². The Morgan fingerprint density at radius 2 is 1.81 bits per heavy atom. The predicted octanol–water partition coefficient (Wildman–Crippen LogP) is 3.75. The molecule has 1 aliphatic rings. The van der Waals surface area contributed by atoms with E-state index in [0.29, 0.717) is 30.3 Å². The van der Waals surface area contributed by atoms with E-state index in [1.165, 1.54) is 16.6 Å². The molecule has 7 heteroatoms. The summed E-state index contributed by atoms with van der Waals surface area (Å²) in [7, 11) is 0. The fraction of sp³-hybridized carbons (Fsp3) is 0.375. The molecule has 1 aliphatic heterocycles. The van der Waals surface area contributed by atoms with Crippen molar-refractivity contribution in [1.29, 1.82) is 0 Å². The number of fused-ring (bicyclic) bond motifs is 1. The zero-order valence-corrected chi connectivity index (χ0v) is 18.3. The van der Waals surface area contributed by atoms with Crippen LogP contribution in [0.25, 0.3) is 10.9 Å². The van der Waals surface area contributed by atoms with Gasteiger partial charge < -0.3 is 19.4 Å². The van der Waals surface area contributed by atoms with Gasteiger partial charge in [0.15, 0.2) is 11.5 Å². The lowest BCUT2D eigenvalue weighted by Gasteiger charge is -2.15. The highest BCUT2D eigenvalue weighted by Gasteiger charge is 2.29. The second-order valence-electron chi connectivity index (χ2n) is 7.50. The number of nitrogens with zero attached hydrogens (tertiary/aromatic N) is 1. The molecule has 0 aliphatic carbocycles. The van der Waals surface area contributed by atoms with Gasteiger partial charge in [-0.25, -0.2) is 10.9 Å². The van der Waals surface area contributed by atoms with Crippen LogP contribution in [0.5, 0.6) is 11.5 Å². The number of para-hydroxylation sites is 1. The third kappa shape index (κ3) is 4.38. The highest BCUT2D eigenvalue weighted by atomic mass is 16.5. The molecule has 7 nitrogen and oxygen atoms in total. The number of hydrogen-bond donors (Lipinski definition) is 3. The van der Waals surface area contributed by atoms with E-state index in [-0.39, 0.29) is 18.1 Å². The molecule has 3 aromatic rings. The summed E-state index contributed by atoms with van der Waals surface area (Å²) >= 11 is 0. The number of aryl methyl sites for hydroxylation is 1. The number of carbonyl (C=O) groups is 1. The van der Waals surface area contributed by atoms with Crippen molar-refractivity contribution < 1.29 is 14.3 Å². The first-order valence-corrected chi connectivity index (χ1v) is 10.9. The van der Waals surface area contributed by atoms with Gasteiger partial charge in [-0.05, 0) is 56.5 Å². The topological polar surface area (TPSA) is 76.5 Å². The highest BCUT2D eigenvalue weighted by Crippen LogP contribution is 2.30. The molecular formula is C24H30N4O3. The standard InChI is InChI=1S/C24H30N4O3/c1-4-28-19-10-8-7-9-16(19)13-20(28)18-15-23(27-26-18)25-24(29)17-11-12-21(30-5-2)22(14-17)31-6-3/h7-14,18,23,26-27H,4-6,15H2,1-3H3,(H,25,29). The monoisotopic (exact) mass is 422 g/mol. The molecule has 31 heavy (non-hydrogen) atoms. The van der Waals surface area contributed by atoms with E-state index in [9.17, 15) is 4.79 Å². The Labute approximate surface area is 182 Å². The van der Waals surface area contributed by atoms with Crippen LogP contribution in [0.15, 0.2) is 48.5 Å². The van der Waals surface area contributed by atoms with Crippen molar-refractivity contribution in [3.8, 4) is 11.5 Å². The van der Waals surface area contributed by atoms with Gasteiger partial charge in [-0.2, -0.15) is 0 Å². The minimum atomic E-state index is -0.178. The first-order chi connectivity index (χ1) is 15.1. The van der Waals surface area contributed by atoms with E-state index in [1.807, 2.05) is 13.8 Å². The maximum absolute atomic E-state index is 12.9. The van der Waals surface area contributed by atoms with Gasteiger partial charge in [-0.3, -0.25) is 4.79 Å². The first kappa shape index (κ1) is 21.2. The van der Waals surface area contributed by atoms with Crippen LogP contribution < -0.4 is 25.6 Å². The summed E-state index contributed by atoms with van der Waals surface area (Å²) in [6, 6.07) is 16.0. The minimum Gasteiger partial charge on any atom is -0.490 e. The zero-order chi connectivity index (χ0) is 21.8. The van der Waals surface area contributed by atoms with Gasteiger partial charge in [-0.15, -0.1) is 0 Å². The maximum Gasteiger partial charge on any atom is 0.252 e. The van der Waals surface area contributed by atoms with Crippen LogP contribution in [-0.2, 0) is 6.54 Å². The molecule has 4 rings (SSSR count). The van der Waals surface area contributed by atoms with Crippen molar-refractivity contribution in [2.75, 3.05) is 13.2 Å². The first-order valence-electron chi connectivity index (χ1n) is 10.9. The normalized spacial score (nSPS) is 18.3. The second-order valence-corrected chi connectivity index (χ2v) is 7.50. The third-order valence-corrected chi connectivity index (χ3v) is 5.53. The van der Waals surface area contributed by atoms with E-state index in [4.69, 9.17) is 9.47 Å². The Bertz CT molecular complexity index is 1060. The average Bonchev–Trinajstić information content (AvgIpc) is 3.39. The van der Waals surface area contributed by atoms with Gasteiger partial charge in [-0.1, -0.05) is 18.2 Å². The quantitative estimate of drug-likeness (QED) is 0.515. The number of amides is 1. The van der Waals surface area contributed by atoms with E-state index in [2.05, 4.69) is 58.0 Å². The number of ether oxygens (including phenoxy) is 2. The molecule has 0 radical (unpaired) electrons. The lowest BCUT2D eigenvalue weighted by Crippen LogP contribution is -2.44. The lowest BCUT2D eigenvalue weighted by molar-refractivity contribution is 0.0931. The van der Waals surface area contributed by atoms with Crippen LogP contribution in [0.2, 0.25) is 0 Å². The number of rotatable bonds is 8. The van der Waals surface area contributed by atoms with Gasteiger partial charge in [0.1, 0.15) is 0 Å². The average molecular weight is 423 g/mol. The maximum atomic E-state index is 12.9. The summed E-state index contributed by atoms with van der Waals surface area (Å²) in [6.07, 6.45) is 0.570. The largest absolute Gasteiger partial charge is 0.490 e. The van der Waals surface area contributed by atoms with Crippen molar-refractivity contribution in [1.82, 2.24) is 20.7 Å². The Morgan fingerprint density at radius 3 is 2.58 bits per heavy atom. The predicted molar refractivity (Wildman–Crippen MR) is 121 cm³/mol. The van der Waals surface area contributed by atoms with Gasteiger partial charge in [0.05, 0.1) is 25.4 Å². The Balaban J connectivity index is 1.46. The molecule has 1 fully saturated rings. The van der Waals surface area contributed by atoms with Crippen LogP contribution in [0, 0.1) is 0 Å². The molecule has 1 saturated heterocycles. The molecule has 2 aromatic carbocycles. The van der Waals surface area contributed by atoms with Gasteiger partial charge in [0, 0.05) is 29.7 Å². The van der Waals surface area contributed by atoms with Crippen molar-refractivity contribution in [2.24, 2.45) is 0 Å². The molecule has 2 heterocycles. The van der Waals surface area contributed by atoms with Crippen molar-refractivity contribution in [2.45, 2.75) is 45.9 Å². The summed E-state index contributed by atoms with van der Waals surface area (Å²) < 4.78 is 13.5. The molecule has 3 N–H and O–H groups in total. The molecule has 0 saturated carbocycles. The molecule has 0 spiro atoms. The second kappa shape index (κ2) is 9.41. The van der Waals surface area contributed by atoms with Crippen LogP contribution in [0.1, 0.15) is 49.3 Å². The zero-order valence-electron chi connectivity index (χ0n) is 18.3. The molecule has 1 aromatic heterocycles. The SMILES string of the molecule is CCOc1ccc(C(=O)NC2CC(c3cc4ccccc4n3CC)NN2)cc1OCC. The van der Waals surface area contributed by atoms with Crippen molar-refractivity contribution >= 4 is 16.8 Å². The number of hydrazine groups is 1. The summed E-state index contributed by atoms with van der Waals surface area (Å²) in [5.74, 6) is 1.08. The summed E-state index contributed by atoms with van der Waals surface area (Å²) in [5.41, 5.74) is 9.55. The molecule has 1 amide bonds. The lowest BCUT2D eigenvalue weighted by atomic mass is 10.1. The number of hydrogen-bond acceptors (Lipinski definition) is 5.